The van der Waals surface area contributed by atoms with Gasteiger partial charge >= 0.3 is 7.12 Å². The number of aromatic nitrogens is 1. The fourth-order valence-electron chi connectivity index (χ4n) is 2.47. The lowest BCUT2D eigenvalue weighted by atomic mass is 9.78. The van der Waals surface area contributed by atoms with E-state index >= 15 is 0 Å². The molecule has 1 aromatic carbocycles. The number of hydrogen-bond acceptors (Lipinski definition) is 3. The van der Waals surface area contributed by atoms with Gasteiger partial charge in [-0.15, -0.1) is 0 Å². The van der Waals surface area contributed by atoms with Crippen LogP contribution in [0.5, 0.6) is 0 Å². The van der Waals surface area contributed by atoms with Crippen molar-refractivity contribution in [3.8, 4) is 5.69 Å². The maximum atomic E-state index is 6.46. The molecule has 2 aromatic rings. The highest BCUT2D eigenvalue weighted by Crippen LogP contribution is 2.37. The zero-order chi connectivity index (χ0) is 16.1. The van der Waals surface area contributed by atoms with Crippen LogP contribution < -0.4 is 11.2 Å². The number of nitrogens with two attached hydrogens (primary N) is 1. The Labute approximate surface area is 136 Å². The summed E-state index contributed by atoms with van der Waals surface area (Å²) < 4.78 is 14.0. The second kappa shape index (κ2) is 5.05. The number of nitrogen functional groups attached to an aromatic ring is 1. The van der Waals surface area contributed by atoms with Gasteiger partial charge in [0.1, 0.15) is 0 Å². The monoisotopic (exact) mass is 318 g/mol. The molecule has 3 rings (SSSR count). The summed E-state index contributed by atoms with van der Waals surface area (Å²) in [5.41, 5.74) is 7.61. The van der Waals surface area contributed by atoms with Gasteiger partial charge < -0.3 is 19.6 Å². The van der Waals surface area contributed by atoms with Crippen LogP contribution in [0.3, 0.4) is 0 Å². The standard InChI is InChI=1S/C16H20BClN2O2/c1-15(2)16(3,4)22-17(21-15)11-9-13(19)14(10-12(11)18)20-7-5-6-8-20/h5-10H,19H2,1-4H3. The third kappa shape index (κ3) is 2.43. The highest BCUT2D eigenvalue weighted by atomic mass is 35.5. The zero-order valence-corrected chi connectivity index (χ0v) is 14.0. The first kappa shape index (κ1) is 15.5. The van der Waals surface area contributed by atoms with E-state index in [1.54, 1.807) is 0 Å². The van der Waals surface area contributed by atoms with E-state index in [9.17, 15) is 0 Å². The predicted octanol–water partition coefficient (Wildman–Crippen LogP) is 3.01. The molecule has 0 aliphatic carbocycles. The smallest absolute Gasteiger partial charge is 0.399 e. The van der Waals surface area contributed by atoms with Crippen LogP contribution in [0.2, 0.25) is 5.02 Å². The van der Waals surface area contributed by atoms with Crippen molar-refractivity contribution in [1.82, 2.24) is 4.57 Å². The average molecular weight is 319 g/mol. The van der Waals surface area contributed by atoms with Gasteiger partial charge in [0.15, 0.2) is 0 Å². The molecule has 6 heteroatoms. The molecule has 2 heterocycles. The molecule has 116 valence electrons. The number of hydrogen-bond donors (Lipinski definition) is 1. The van der Waals surface area contributed by atoms with Gasteiger partial charge in [-0.2, -0.15) is 0 Å². The van der Waals surface area contributed by atoms with Crippen LogP contribution >= 0.6 is 11.6 Å². The van der Waals surface area contributed by atoms with Gasteiger partial charge in [-0.05, 0) is 52.0 Å². The Morgan fingerprint density at radius 3 is 2.14 bits per heavy atom. The van der Waals surface area contributed by atoms with Crippen LogP contribution in [-0.4, -0.2) is 22.9 Å². The van der Waals surface area contributed by atoms with Crippen molar-refractivity contribution < 1.29 is 9.31 Å². The molecule has 0 amide bonds. The molecule has 0 saturated carbocycles. The normalized spacial score (nSPS) is 19.6. The van der Waals surface area contributed by atoms with Gasteiger partial charge in [0, 0.05) is 22.9 Å². The molecule has 1 aliphatic rings. The lowest BCUT2D eigenvalue weighted by molar-refractivity contribution is 0.00578. The van der Waals surface area contributed by atoms with Crippen molar-refractivity contribution in [2.75, 3.05) is 5.73 Å². The fraction of sp³-hybridized carbons (Fsp3) is 0.375. The Balaban J connectivity index is 1.99. The number of nitrogens with zero attached hydrogens (tertiary/aromatic N) is 1. The van der Waals surface area contributed by atoms with E-state index in [0.717, 1.165) is 11.2 Å². The third-order valence-corrected chi connectivity index (χ3v) is 4.86. The van der Waals surface area contributed by atoms with Gasteiger partial charge in [-0.3, -0.25) is 0 Å². The van der Waals surface area contributed by atoms with E-state index in [4.69, 9.17) is 26.6 Å². The first-order valence-corrected chi connectivity index (χ1v) is 7.67. The molecule has 1 aromatic heterocycles. The van der Waals surface area contributed by atoms with Gasteiger partial charge in [-0.1, -0.05) is 11.6 Å². The second-order valence-electron chi connectivity index (χ2n) is 6.61. The molecular formula is C16H20BClN2O2. The van der Waals surface area contributed by atoms with E-state index in [1.807, 2.05) is 68.9 Å². The van der Waals surface area contributed by atoms with E-state index in [1.165, 1.54) is 0 Å². The summed E-state index contributed by atoms with van der Waals surface area (Å²) in [6, 6.07) is 7.56. The number of anilines is 1. The summed E-state index contributed by atoms with van der Waals surface area (Å²) in [4.78, 5) is 0. The Morgan fingerprint density at radius 1 is 1.05 bits per heavy atom. The van der Waals surface area contributed by atoms with Crippen LogP contribution in [0.4, 0.5) is 5.69 Å². The van der Waals surface area contributed by atoms with E-state index in [-0.39, 0.29) is 0 Å². The van der Waals surface area contributed by atoms with Gasteiger partial charge in [-0.25, -0.2) is 0 Å². The van der Waals surface area contributed by atoms with Crippen LogP contribution in [0, 0.1) is 0 Å². The molecule has 2 N–H and O–H groups in total. The summed E-state index contributed by atoms with van der Waals surface area (Å²) >= 11 is 6.46. The van der Waals surface area contributed by atoms with Crippen molar-refractivity contribution in [3.05, 3.63) is 41.7 Å². The Morgan fingerprint density at radius 2 is 1.59 bits per heavy atom. The summed E-state index contributed by atoms with van der Waals surface area (Å²) in [6.45, 7) is 8.05. The SMILES string of the molecule is CC1(C)OB(c2cc(N)c(-n3cccc3)cc2Cl)OC1(C)C. The Bertz CT molecular complexity index is 682. The molecular weight excluding hydrogens is 298 g/mol. The van der Waals surface area contributed by atoms with Crippen LogP contribution in [0.15, 0.2) is 36.7 Å². The third-order valence-electron chi connectivity index (χ3n) is 4.54. The van der Waals surface area contributed by atoms with E-state index < -0.39 is 18.3 Å². The average Bonchev–Trinajstić information content (AvgIpc) is 2.99. The van der Waals surface area contributed by atoms with Gasteiger partial charge in [0.25, 0.3) is 0 Å². The van der Waals surface area contributed by atoms with Gasteiger partial charge in [0.2, 0.25) is 0 Å². The van der Waals surface area contributed by atoms with Crippen LogP contribution in [0.1, 0.15) is 27.7 Å². The number of halogens is 1. The van der Waals surface area contributed by atoms with Crippen molar-refractivity contribution >= 4 is 29.9 Å². The lowest BCUT2D eigenvalue weighted by Crippen LogP contribution is -2.41. The van der Waals surface area contributed by atoms with Crippen LogP contribution in [0.25, 0.3) is 5.69 Å². The maximum Gasteiger partial charge on any atom is 0.496 e. The predicted molar refractivity (Wildman–Crippen MR) is 90.9 cm³/mol. The molecule has 0 bridgehead atoms. The quantitative estimate of drug-likeness (QED) is 0.684. The molecule has 22 heavy (non-hydrogen) atoms. The fourth-order valence-corrected chi connectivity index (χ4v) is 2.71. The van der Waals surface area contributed by atoms with Crippen molar-refractivity contribution in [2.24, 2.45) is 0 Å². The molecule has 4 nitrogen and oxygen atoms in total. The summed E-state index contributed by atoms with van der Waals surface area (Å²) in [6.07, 6.45) is 3.85. The van der Waals surface area contributed by atoms with Crippen molar-refractivity contribution in [2.45, 2.75) is 38.9 Å². The summed E-state index contributed by atoms with van der Waals surface area (Å²) in [7, 11) is -0.515. The topological polar surface area (TPSA) is 49.4 Å². The molecule has 1 aliphatic heterocycles. The lowest BCUT2D eigenvalue weighted by Gasteiger charge is -2.32. The molecule has 1 fully saturated rings. The Hall–Kier alpha value is -1.43. The molecule has 0 radical (unpaired) electrons. The minimum atomic E-state index is -0.515. The zero-order valence-electron chi connectivity index (χ0n) is 13.3. The van der Waals surface area contributed by atoms with Crippen LogP contribution in [-0.2, 0) is 9.31 Å². The number of benzene rings is 1. The molecule has 1 saturated heterocycles. The van der Waals surface area contributed by atoms with Gasteiger partial charge in [0.05, 0.1) is 22.6 Å². The van der Waals surface area contributed by atoms with Crippen molar-refractivity contribution in [1.29, 1.82) is 0 Å². The second-order valence-corrected chi connectivity index (χ2v) is 7.02. The number of rotatable bonds is 2. The summed E-state index contributed by atoms with van der Waals surface area (Å²) in [5.74, 6) is 0. The van der Waals surface area contributed by atoms with E-state index in [0.29, 0.717) is 10.7 Å². The molecule has 0 spiro atoms. The minimum Gasteiger partial charge on any atom is -0.399 e. The molecule has 0 atom stereocenters. The highest BCUT2D eigenvalue weighted by Gasteiger charge is 2.52. The molecule has 0 unspecified atom stereocenters. The Kier molecular flexibility index (Phi) is 3.55. The van der Waals surface area contributed by atoms with Crippen molar-refractivity contribution in [3.63, 3.8) is 0 Å². The minimum absolute atomic E-state index is 0.408. The summed E-state index contributed by atoms with van der Waals surface area (Å²) in [5, 5.41) is 0.580. The maximum absolute atomic E-state index is 6.46. The largest absolute Gasteiger partial charge is 0.496 e. The first-order chi connectivity index (χ1) is 10.2. The van der Waals surface area contributed by atoms with E-state index in [2.05, 4.69) is 0 Å². The highest BCUT2D eigenvalue weighted by molar-refractivity contribution is 6.65. The first-order valence-electron chi connectivity index (χ1n) is 7.29.